The molecule has 1 aromatic rings. The Kier molecular flexibility index (Phi) is 7.31. The topological polar surface area (TPSA) is 79.4 Å². The van der Waals surface area contributed by atoms with Crippen LogP contribution < -0.4 is 5.32 Å². The lowest BCUT2D eigenvalue weighted by atomic mass is 10.2. The quantitative estimate of drug-likeness (QED) is 0.694. The fraction of sp³-hybridized carbons (Fsp3) is 0.571. The number of carbonyl (C=O) groups excluding carboxylic acids is 1. The predicted molar refractivity (Wildman–Crippen MR) is 82.0 cm³/mol. The molecule has 0 atom stereocenters. The third-order valence-electron chi connectivity index (χ3n) is 2.97. The van der Waals surface area contributed by atoms with Crippen molar-refractivity contribution in [3.63, 3.8) is 0 Å². The average Bonchev–Trinajstić information content (AvgIpc) is 2.43. The van der Waals surface area contributed by atoms with Gasteiger partial charge in [0.2, 0.25) is 15.9 Å². The van der Waals surface area contributed by atoms with E-state index in [9.17, 15) is 13.2 Å². The third kappa shape index (κ3) is 7.19. The van der Waals surface area contributed by atoms with Crippen molar-refractivity contribution >= 4 is 15.9 Å². The first-order valence-electron chi connectivity index (χ1n) is 7.04. The van der Waals surface area contributed by atoms with Gasteiger partial charge in [0.1, 0.15) is 0 Å². The van der Waals surface area contributed by atoms with E-state index in [1.54, 1.807) is 24.5 Å². The molecule has 0 aliphatic heterocycles. The van der Waals surface area contributed by atoms with Gasteiger partial charge in [0.25, 0.3) is 0 Å². The second-order valence-corrected chi connectivity index (χ2v) is 6.93. The average molecular weight is 313 g/mol. The summed E-state index contributed by atoms with van der Waals surface area (Å²) >= 11 is 0. The number of amides is 1. The molecular weight excluding hydrogens is 290 g/mol. The number of aromatic nitrogens is 1. The van der Waals surface area contributed by atoms with Gasteiger partial charge in [-0.15, -0.1) is 0 Å². The Morgan fingerprint density at radius 1 is 1.38 bits per heavy atom. The minimum atomic E-state index is -3.45. The molecule has 0 saturated carbocycles. The second-order valence-electron chi connectivity index (χ2n) is 4.95. The summed E-state index contributed by atoms with van der Waals surface area (Å²) in [6.07, 6.45) is 7.35. The highest BCUT2D eigenvalue weighted by atomic mass is 32.2. The summed E-state index contributed by atoms with van der Waals surface area (Å²) in [5.41, 5.74) is 0.752. The zero-order valence-corrected chi connectivity index (χ0v) is 13.4. The van der Waals surface area contributed by atoms with Gasteiger partial charge in [-0.05, 0) is 18.1 Å². The van der Waals surface area contributed by atoms with Crippen molar-refractivity contribution in [3.8, 4) is 0 Å². The van der Waals surface area contributed by atoms with Crippen LogP contribution in [0.4, 0.5) is 0 Å². The maximum Gasteiger partial charge on any atom is 0.235 e. The minimum Gasteiger partial charge on any atom is -0.355 e. The summed E-state index contributed by atoms with van der Waals surface area (Å²) in [6.45, 7) is 2.65. The molecule has 0 fully saturated rings. The summed E-state index contributed by atoms with van der Waals surface area (Å²) in [7, 11) is -3.45. The minimum absolute atomic E-state index is 0.148. The molecule has 0 bridgehead atoms. The van der Waals surface area contributed by atoms with Gasteiger partial charge in [-0.25, -0.2) is 8.42 Å². The van der Waals surface area contributed by atoms with Gasteiger partial charge in [-0.1, -0.05) is 25.8 Å². The Balaban J connectivity index is 2.57. The van der Waals surface area contributed by atoms with Crippen molar-refractivity contribution in [2.75, 3.05) is 19.3 Å². The molecular formula is C14H23N3O3S. The molecule has 1 rings (SSSR count). The third-order valence-corrected chi connectivity index (χ3v) is 4.17. The lowest BCUT2D eigenvalue weighted by Crippen LogP contribution is -2.40. The van der Waals surface area contributed by atoms with Crippen LogP contribution in [0.3, 0.4) is 0 Å². The van der Waals surface area contributed by atoms with Crippen LogP contribution in [0.1, 0.15) is 31.7 Å². The van der Waals surface area contributed by atoms with Crippen molar-refractivity contribution in [1.82, 2.24) is 14.6 Å². The molecule has 7 heteroatoms. The molecule has 21 heavy (non-hydrogen) atoms. The summed E-state index contributed by atoms with van der Waals surface area (Å²) in [5.74, 6) is -0.277. The SMILES string of the molecule is CCCCCNC(=O)CN(Cc1cccnc1)S(C)(=O)=O. The van der Waals surface area contributed by atoms with Crippen molar-refractivity contribution in [2.45, 2.75) is 32.7 Å². The summed E-state index contributed by atoms with van der Waals surface area (Å²) in [6, 6.07) is 3.52. The molecule has 1 amide bonds. The maximum atomic E-state index is 11.8. The van der Waals surface area contributed by atoms with Crippen molar-refractivity contribution in [3.05, 3.63) is 30.1 Å². The van der Waals surface area contributed by atoms with E-state index in [1.807, 2.05) is 0 Å². The Hall–Kier alpha value is -1.47. The highest BCUT2D eigenvalue weighted by molar-refractivity contribution is 7.88. The van der Waals surface area contributed by atoms with E-state index in [4.69, 9.17) is 0 Å². The van der Waals surface area contributed by atoms with E-state index in [0.717, 1.165) is 35.4 Å². The number of unbranched alkanes of at least 4 members (excludes halogenated alkanes) is 2. The van der Waals surface area contributed by atoms with Gasteiger partial charge in [0, 0.05) is 25.5 Å². The first-order chi connectivity index (χ1) is 9.93. The molecule has 0 aromatic carbocycles. The summed E-state index contributed by atoms with van der Waals surface area (Å²) < 4.78 is 24.7. The fourth-order valence-corrected chi connectivity index (χ4v) is 2.54. The van der Waals surface area contributed by atoms with Crippen LogP contribution in [-0.2, 0) is 21.4 Å². The number of rotatable bonds is 9. The van der Waals surface area contributed by atoms with Crippen LogP contribution >= 0.6 is 0 Å². The zero-order chi connectivity index (χ0) is 15.7. The van der Waals surface area contributed by atoms with E-state index in [-0.39, 0.29) is 19.0 Å². The zero-order valence-electron chi connectivity index (χ0n) is 12.6. The lowest BCUT2D eigenvalue weighted by molar-refractivity contribution is -0.121. The van der Waals surface area contributed by atoms with Gasteiger partial charge >= 0.3 is 0 Å². The van der Waals surface area contributed by atoms with Gasteiger partial charge < -0.3 is 5.32 Å². The van der Waals surface area contributed by atoms with E-state index >= 15 is 0 Å². The predicted octanol–water partition coefficient (Wildman–Crippen LogP) is 1.15. The molecule has 1 heterocycles. The van der Waals surface area contributed by atoms with Gasteiger partial charge in [0.15, 0.2) is 0 Å². The fourth-order valence-electron chi connectivity index (χ4n) is 1.80. The number of sulfonamides is 1. The number of hydrogen-bond acceptors (Lipinski definition) is 4. The normalized spacial score (nSPS) is 11.6. The van der Waals surface area contributed by atoms with Crippen LogP contribution in [0, 0.1) is 0 Å². The Morgan fingerprint density at radius 3 is 2.71 bits per heavy atom. The molecule has 0 saturated heterocycles. The molecule has 0 unspecified atom stereocenters. The molecule has 0 aliphatic carbocycles. The number of hydrogen-bond donors (Lipinski definition) is 1. The number of nitrogens with zero attached hydrogens (tertiary/aromatic N) is 2. The van der Waals surface area contributed by atoms with E-state index in [1.165, 1.54) is 0 Å². The molecule has 118 valence electrons. The Bertz CT molecular complexity index is 532. The summed E-state index contributed by atoms with van der Waals surface area (Å²) in [4.78, 5) is 15.8. The van der Waals surface area contributed by atoms with Crippen molar-refractivity contribution in [1.29, 1.82) is 0 Å². The standard InChI is InChI=1S/C14H23N3O3S/c1-3-4-5-9-16-14(18)12-17(21(2,19)20)11-13-7-6-8-15-10-13/h6-8,10H,3-5,9,11-12H2,1-2H3,(H,16,18). The molecule has 0 spiro atoms. The highest BCUT2D eigenvalue weighted by Gasteiger charge is 2.20. The number of pyridine rings is 1. The van der Waals surface area contributed by atoms with Crippen molar-refractivity contribution < 1.29 is 13.2 Å². The molecule has 1 aromatic heterocycles. The molecule has 6 nitrogen and oxygen atoms in total. The van der Waals surface area contributed by atoms with Crippen LogP contribution in [0.2, 0.25) is 0 Å². The van der Waals surface area contributed by atoms with Crippen LogP contribution in [0.15, 0.2) is 24.5 Å². The monoisotopic (exact) mass is 313 g/mol. The molecule has 1 N–H and O–H groups in total. The van der Waals surface area contributed by atoms with Gasteiger partial charge in [0.05, 0.1) is 12.8 Å². The van der Waals surface area contributed by atoms with Gasteiger partial charge in [-0.3, -0.25) is 9.78 Å². The number of carbonyl (C=O) groups is 1. The second kappa shape index (κ2) is 8.74. The first kappa shape index (κ1) is 17.6. The first-order valence-corrected chi connectivity index (χ1v) is 8.89. The van der Waals surface area contributed by atoms with Crippen LogP contribution in [0.5, 0.6) is 0 Å². The van der Waals surface area contributed by atoms with E-state index in [2.05, 4.69) is 17.2 Å². The molecule has 0 aliphatic rings. The molecule has 0 radical (unpaired) electrons. The Labute approximate surface area is 126 Å². The van der Waals surface area contributed by atoms with Crippen molar-refractivity contribution in [2.24, 2.45) is 0 Å². The van der Waals surface area contributed by atoms with Crippen LogP contribution in [0.25, 0.3) is 0 Å². The summed E-state index contributed by atoms with van der Waals surface area (Å²) in [5, 5.41) is 2.75. The van der Waals surface area contributed by atoms with E-state index < -0.39 is 10.0 Å². The highest BCUT2D eigenvalue weighted by Crippen LogP contribution is 2.06. The van der Waals surface area contributed by atoms with Crippen LogP contribution in [-0.4, -0.2) is 43.0 Å². The largest absolute Gasteiger partial charge is 0.355 e. The lowest BCUT2D eigenvalue weighted by Gasteiger charge is -2.19. The smallest absolute Gasteiger partial charge is 0.235 e. The van der Waals surface area contributed by atoms with Gasteiger partial charge in [-0.2, -0.15) is 4.31 Å². The maximum absolute atomic E-state index is 11.8. The Morgan fingerprint density at radius 2 is 2.14 bits per heavy atom. The number of nitrogens with one attached hydrogen (secondary N) is 1. The van der Waals surface area contributed by atoms with E-state index in [0.29, 0.717) is 6.54 Å².